The van der Waals surface area contributed by atoms with Crippen molar-refractivity contribution >= 4 is 21.8 Å². The Morgan fingerprint density at radius 3 is 2.93 bits per heavy atom. The van der Waals surface area contributed by atoms with Gasteiger partial charge in [0.1, 0.15) is 0 Å². The maximum atomic E-state index is 11.5. The smallest absolute Gasteiger partial charge is 0.226 e. The van der Waals surface area contributed by atoms with Crippen LogP contribution in [0.2, 0.25) is 0 Å². The van der Waals surface area contributed by atoms with Gasteiger partial charge in [-0.3, -0.25) is 4.79 Å². The third-order valence-corrected chi connectivity index (χ3v) is 2.55. The molecule has 0 saturated heterocycles. The Balaban J connectivity index is 2.61. The van der Waals surface area contributed by atoms with Crippen molar-refractivity contribution in [2.24, 2.45) is 0 Å². The summed E-state index contributed by atoms with van der Waals surface area (Å²) in [7, 11) is 1.80. The number of halogens is 1. The molecule has 0 radical (unpaired) electrons. The van der Waals surface area contributed by atoms with Crippen LogP contribution in [0.5, 0.6) is 0 Å². The largest absolute Gasteiger partial charge is 0.341 e. The van der Waals surface area contributed by atoms with Gasteiger partial charge in [-0.2, -0.15) is 0 Å². The average molecular weight is 268 g/mol. The zero-order chi connectivity index (χ0) is 11.3. The monoisotopic (exact) mass is 267 g/mol. The van der Waals surface area contributed by atoms with Gasteiger partial charge < -0.3 is 4.90 Å². The number of hydrogen-bond donors (Lipinski definition) is 0. The molecule has 0 aliphatic heterocycles. The second-order valence-corrected chi connectivity index (χ2v) is 4.29. The van der Waals surface area contributed by atoms with Gasteiger partial charge in [-0.05, 0) is 17.7 Å². The fourth-order valence-electron chi connectivity index (χ4n) is 1.28. The standard InChI is InChI=1S/C12H14BrNO/c1-3-5-12(15)14(2)9-10-6-4-7-11(13)8-10/h3-4,6-8H,1,5,9H2,2H3. The van der Waals surface area contributed by atoms with Crippen LogP contribution in [0.25, 0.3) is 0 Å². The highest BCUT2D eigenvalue weighted by Crippen LogP contribution is 2.13. The van der Waals surface area contributed by atoms with Gasteiger partial charge in [0.25, 0.3) is 0 Å². The molecular formula is C12H14BrNO. The van der Waals surface area contributed by atoms with Gasteiger partial charge in [-0.15, -0.1) is 6.58 Å². The van der Waals surface area contributed by atoms with Crippen molar-refractivity contribution in [2.45, 2.75) is 13.0 Å². The van der Waals surface area contributed by atoms with Crippen LogP contribution in [0.15, 0.2) is 41.4 Å². The molecule has 0 saturated carbocycles. The van der Waals surface area contributed by atoms with Crippen molar-refractivity contribution in [3.8, 4) is 0 Å². The summed E-state index contributed by atoms with van der Waals surface area (Å²) in [6.45, 7) is 4.18. The van der Waals surface area contributed by atoms with E-state index in [-0.39, 0.29) is 5.91 Å². The molecule has 1 rings (SSSR count). The number of benzene rings is 1. The Labute approximate surface area is 98.7 Å². The maximum Gasteiger partial charge on any atom is 0.226 e. The Hall–Kier alpha value is -1.09. The number of carbonyl (C=O) groups is 1. The highest BCUT2D eigenvalue weighted by atomic mass is 79.9. The van der Waals surface area contributed by atoms with Crippen LogP contribution < -0.4 is 0 Å². The van der Waals surface area contributed by atoms with E-state index in [9.17, 15) is 4.79 Å². The Kier molecular flexibility index (Phi) is 4.56. The first kappa shape index (κ1) is 12.0. The van der Waals surface area contributed by atoms with Crippen molar-refractivity contribution in [2.75, 3.05) is 7.05 Å². The van der Waals surface area contributed by atoms with Crippen molar-refractivity contribution in [3.63, 3.8) is 0 Å². The summed E-state index contributed by atoms with van der Waals surface area (Å²) >= 11 is 3.40. The summed E-state index contributed by atoms with van der Waals surface area (Å²) in [4.78, 5) is 13.2. The zero-order valence-corrected chi connectivity index (χ0v) is 10.3. The molecule has 80 valence electrons. The fourth-order valence-corrected chi connectivity index (χ4v) is 1.72. The molecule has 2 nitrogen and oxygen atoms in total. The molecule has 0 atom stereocenters. The molecule has 0 spiro atoms. The van der Waals surface area contributed by atoms with E-state index in [2.05, 4.69) is 22.5 Å². The zero-order valence-electron chi connectivity index (χ0n) is 8.74. The van der Waals surface area contributed by atoms with E-state index in [4.69, 9.17) is 0 Å². The summed E-state index contributed by atoms with van der Waals surface area (Å²) in [5.74, 6) is 0.0879. The van der Waals surface area contributed by atoms with Gasteiger partial charge in [0, 0.05) is 24.5 Å². The van der Waals surface area contributed by atoms with Crippen molar-refractivity contribution in [1.82, 2.24) is 4.90 Å². The molecule has 0 fully saturated rings. The van der Waals surface area contributed by atoms with E-state index in [0.717, 1.165) is 10.0 Å². The second-order valence-electron chi connectivity index (χ2n) is 3.37. The van der Waals surface area contributed by atoms with Gasteiger partial charge in [0.2, 0.25) is 5.91 Å². The number of amides is 1. The normalized spacial score (nSPS) is 9.73. The number of rotatable bonds is 4. The van der Waals surface area contributed by atoms with E-state index >= 15 is 0 Å². The minimum absolute atomic E-state index is 0.0879. The van der Waals surface area contributed by atoms with Crippen LogP contribution >= 0.6 is 15.9 Å². The summed E-state index contributed by atoms with van der Waals surface area (Å²) in [6, 6.07) is 7.94. The van der Waals surface area contributed by atoms with Gasteiger partial charge in [-0.1, -0.05) is 34.1 Å². The van der Waals surface area contributed by atoms with E-state index in [1.165, 1.54) is 0 Å². The minimum atomic E-state index is 0.0879. The highest BCUT2D eigenvalue weighted by Gasteiger charge is 2.06. The maximum absolute atomic E-state index is 11.5. The summed E-state index contributed by atoms with van der Waals surface area (Å²) in [6.07, 6.45) is 2.02. The lowest BCUT2D eigenvalue weighted by Gasteiger charge is -2.16. The predicted molar refractivity (Wildman–Crippen MR) is 65.4 cm³/mol. The summed E-state index contributed by atoms with van der Waals surface area (Å²) < 4.78 is 1.03. The molecule has 0 heterocycles. The molecule has 15 heavy (non-hydrogen) atoms. The summed E-state index contributed by atoms with van der Waals surface area (Å²) in [5, 5.41) is 0. The van der Waals surface area contributed by atoms with Crippen LogP contribution in [0.4, 0.5) is 0 Å². The fraction of sp³-hybridized carbons (Fsp3) is 0.250. The van der Waals surface area contributed by atoms with Crippen LogP contribution in [0, 0.1) is 0 Å². The predicted octanol–water partition coefficient (Wildman–Crippen LogP) is 2.98. The molecule has 0 aromatic heterocycles. The number of nitrogens with zero attached hydrogens (tertiary/aromatic N) is 1. The van der Waals surface area contributed by atoms with E-state index < -0.39 is 0 Å². The van der Waals surface area contributed by atoms with Crippen LogP contribution in [0.1, 0.15) is 12.0 Å². The molecule has 0 bridgehead atoms. The second kappa shape index (κ2) is 5.71. The van der Waals surface area contributed by atoms with Crippen molar-refractivity contribution in [1.29, 1.82) is 0 Å². The molecule has 0 unspecified atom stereocenters. The topological polar surface area (TPSA) is 20.3 Å². The first-order valence-electron chi connectivity index (χ1n) is 4.73. The molecule has 1 aromatic rings. The van der Waals surface area contributed by atoms with Crippen LogP contribution in [0.3, 0.4) is 0 Å². The summed E-state index contributed by atoms with van der Waals surface area (Å²) in [5.41, 5.74) is 1.12. The molecule has 1 aromatic carbocycles. The number of hydrogen-bond acceptors (Lipinski definition) is 1. The lowest BCUT2D eigenvalue weighted by Crippen LogP contribution is -2.25. The van der Waals surface area contributed by atoms with E-state index in [0.29, 0.717) is 13.0 Å². The number of carbonyl (C=O) groups excluding carboxylic acids is 1. The first-order valence-corrected chi connectivity index (χ1v) is 5.52. The minimum Gasteiger partial charge on any atom is -0.341 e. The third-order valence-electron chi connectivity index (χ3n) is 2.05. The lowest BCUT2D eigenvalue weighted by molar-refractivity contribution is -0.129. The van der Waals surface area contributed by atoms with E-state index in [1.807, 2.05) is 24.3 Å². The third kappa shape index (κ3) is 3.88. The molecule has 1 amide bonds. The van der Waals surface area contributed by atoms with Crippen molar-refractivity contribution in [3.05, 3.63) is 47.0 Å². The quantitative estimate of drug-likeness (QED) is 0.769. The van der Waals surface area contributed by atoms with Crippen molar-refractivity contribution < 1.29 is 4.79 Å². The van der Waals surface area contributed by atoms with Gasteiger partial charge in [0.15, 0.2) is 0 Å². The van der Waals surface area contributed by atoms with Gasteiger partial charge in [0.05, 0.1) is 0 Å². The molecule has 3 heteroatoms. The molecular weight excluding hydrogens is 254 g/mol. The first-order chi connectivity index (χ1) is 7.13. The highest BCUT2D eigenvalue weighted by molar-refractivity contribution is 9.10. The molecule has 0 N–H and O–H groups in total. The molecule has 0 aliphatic rings. The lowest BCUT2D eigenvalue weighted by atomic mass is 10.2. The Morgan fingerprint density at radius 1 is 1.60 bits per heavy atom. The average Bonchev–Trinajstić information content (AvgIpc) is 2.18. The SMILES string of the molecule is C=CCC(=O)N(C)Cc1cccc(Br)c1. The Bertz CT molecular complexity index is 362. The van der Waals surface area contributed by atoms with Gasteiger partial charge >= 0.3 is 0 Å². The van der Waals surface area contributed by atoms with Gasteiger partial charge in [-0.25, -0.2) is 0 Å². The van der Waals surface area contributed by atoms with E-state index in [1.54, 1.807) is 18.0 Å². The molecule has 0 aliphatic carbocycles. The van der Waals surface area contributed by atoms with Crippen LogP contribution in [-0.2, 0) is 11.3 Å². The Morgan fingerprint density at radius 2 is 2.33 bits per heavy atom. The van der Waals surface area contributed by atoms with Crippen LogP contribution in [-0.4, -0.2) is 17.9 Å².